The molecule has 0 amide bonds. The lowest BCUT2D eigenvalue weighted by molar-refractivity contribution is 0.0604. The molecule has 0 aliphatic rings. The van der Waals surface area contributed by atoms with Crippen molar-refractivity contribution in [3.8, 4) is 0 Å². The van der Waals surface area contributed by atoms with E-state index < -0.39 is 6.10 Å². The summed E-state index contributed by atoms with van der Waals surface area (Å²) in [6.07, 6.45) is 1.13. The van der Waals surface area contributed by atoms with E-state index in [4.69, 9.17) is 4.74 Å². The molecule has 0 saturated heterocycles. The Morgan fingerprint density at radius 2 is 1.86 bits per heavy atom. The second-order valence-electron chi connectivity index (χ2n) is 4.80. The normalized spacial score (nSPS) is 12.2. The van der Waals surface area contributed by atoms with Crippen LogP contribution in [0.15, 0.2) is 66.9 Å². The monoisotopic (exact) mass is 277 g/mol. The molecular weight excluding hydrogens is 262 g/mol. The Bertz CT molecular complexity index is 768. The quantitative estimate of drug-likeness (QED) is 0.681. The van der Waals surface area contributed by atoms with Gasteiger partial charge < -0.3 is 4.74 Å². The van der Waals surface area contributed by atoms with Gasteiger partial charge in [-0.05, 0) is 17.7 Å². The number of carbonyl (C=O) groups excluding carboxylic acids is 1. The van der Waals surface area contributed by atoms with E-state index in [0.717, 1.165) is 16.5 Å². The molecule has 3 nitrogen and oxygen atoms in total. The van der Waals surface area contributed by atoms with E-state index in [-0.39, 0.29) is 5.78 Å². The number of fused-ring (bicyclic) bond motifs is 1. The SMILES string of the molecule is COC(C(=O)c1ccc2cccnc2c1)c1ccccc1. The van der Waals surface area contributed by atoms with Crippen molar-refractivity contribution in [1.82, 2.24) is 4.98 Å². The van der Waals surface area contributed by atoms with Crippen LogP contribution in [0, 0.1) is 0 Å². The molecule has 1 heterocycles. The fourth-order valence-corrected chi connectivity index (χ4v) is 2.39. The van der Waals surface area contributed by atoms with E-state index in [1.165, 1.54) is 0 Å². The van der Waals surface area contributed by atoms with E-state index in [1.54, 1.807) is 13.3 Å². The van der Waals surface area contributed by atoms with E-state index in [0.29, 0.717) is 5.56 Å². The predicted octanol–water partition coefficient (Wildman–Crippen LogP) is 3.81. The number of Topliss-reactive ketones (excluding diaryl/α,β-unsaturated/α-hetero) is 1. The molecule has 0 bridgehead atoms. The largest absolute Gasteiger partial charge is 0.369 e. The van der Waals surface area contributed by atoms with Crippen molar-refractivity contribution in [2.45, 2.75) is 6.10 Å². The average Bonchev–Trinajstić information content (AvgIpc) is 2.56. The number of carbonyl (C=O) groups is 1. The Morgan fingerprint density at radius 3 is 2.62 bits per heavy atom. The summed E-state index contributed by atoms with van der Waals surface area (Å²) in [5, 5.41) is 1.02. The van der Waals surface area contributed by atoms with Gasteiger partial charge in [0.05, 0.1) is 5.52 Å². The Kier molecular flexibility index (Phi) is 3.75. The zero-order valence-corrected chi connectivity index (χ0v) is 11.7. The smallest absolute Gasteiger partial charge is 0.196 e. The van der Waals surface area contributed by atoms with Crippen LogP contribution in [-0.2, 0) is 4.74 Å². The number of aromatic nitrogens is 1. The van der Waals surface area contributed by atoms with Gasteiger partial charge in [0, 0.05) is 24.3 Å². The number of rotatable bonds is 4. The molecule has 0 spiro atoms. The first kappa shape index (κ1) is 13.5. The lowest BCUT2D eigenvalue weighted by Crippen LogP contribution is -2.14. The van der Waals surface area contributed by atoms with Gasteiger partial charge in [-0.3, -0.25) is 9.78 Å². The van der Waals surface area contributed by atoms with Crippen molar-refractivity contribution in [3.05, 3.63) is 78.0 Å². The van der Waals surface area contributed by atoms with Crippen molar-refractivity contribution < 1.29 is 9.53 Å². The van der Waals surface area contributed by atoms with Gasteiger partial charge in [0.1, 0.15) is 6.10 Å². The molecule has 3 rings (SSSR count). The standard InChI is InChI=1S/C18H15NO2/c1-21-18(14-6-3-2-4-7-14)17(20)15-10-9-13-8-5-11-19-16(13)12-15/h2-12,18H,1H3. The molecule has 0 radical (unpaired) electrons. The summed E-state index contributed by atoms with van der Waals surface area (Å²) >= 11 is 0. The minimum atomic E-state index is -0.590. The summed E-state index contributed by atoms with van der Waals surface area (Å²) in [4.78, 5) is 17.0. The molecule has 2 aromatic carbocycles. The van der Waals surface area contributed by atoms with Crippen LogP contribution in [0.4, 0.5) is 0 Å². The van der Waals surface area contributed by atoms with Crippen molar-refractivity contribution in [3.63, 3.8) is 0 Å². The van der Waals surface area contributed by atoms with Gasteiger partial charge in [-0.15, -0.1) is 0 Å². The second-order valence-corrected chi connectivity index (χ2v) is 4.80. The van der Waals surface area contributed by atoms with Crippen molar-refractivity contribution >= 4 is 16.7 Å². The molecule has 0 aliphatic heterocycles. The molecule has 1 aromatic heterocycles. The number of ketones is 1. The summed E-state index contributed by atoms with van der Waals surface area (Å²) in [6.45, 7) is 0. The average molecular weight is 277 g/mol. The molecule has 1 unspecified atom stereocenters. The van der Waals surface area contributed by atoms with Crippen molar-refractivity contribution in [1.29, 1.82) is 0 Å². The van der Waals surface area contributed by atoms with Crippen LogP contribution in [0.2, 0.25) is 0 Å². The number of benzene rings is 2. The zero-order valence-electron chi connectivity index (χ0n) is 11.7. The third kappa shape index (κ3) is 2.69. The predicted molar refractivity (Wildman–Crippen MR) is 82.3 cm³/mol. The van der Waals surface area contributed by atoms with Crippen LogP contribution < -0.4 is 0 Å². The number of methoxy groups -OCH3 is 1. The van der Waals surface area contributed by atoms with E-state index in [2.05, 4.69) is 4.98 Å². The Morgan fingerprint density at radius 1 is 1.05 bits per heavy atom. The zero-order chi connectivity index (χ0) is 14.7. The lowest BCUT2D eigenvalue weighted by atomic mass is 9.99. The number of pyridine rings is 1. The van der Waals surface area contributed by atoms with Crippen molar-refractivity contribution in [2.75, 3.05) is 7.11 Å². The van der Waals surface area contributed by atoms with Gasteiger partial charge in [-0.1, -0.05) is 48.5 Å². The van der Waals surface area contributed by atoms with Crippen LogP contribution in [0.25, 0.3) is 10.9 Å². The van der Waals surface area contributed by atoms with Crippen LogP contribution in [0.1, 0.15) is 22.0 Å². The molecule has 3 aromatic rings. The van der Waals surface area contributed by atoms with Crippen LogP contribution in [0.5, 0.6) is 0 Å². The highest BCUT2D eigenvalue weighted by Gasteiger charge is 2.21. The first-order valence-electron chi connectivity index (χ1n) is 6.76. The molecule has 0 saturated carbocycles. The van der Waals surface area contributed by atoms with Crippen LogP contribution in [-0.4, -0.2) is 17.9 Å². The van der Waals surface area contributed by atoms with Crippen molar-refractivity contribution in [2.24, 2.45) is 0 Å². The fourth-order valence-electron chi connectivity index (χ4n) is 2.39. The fraction of sp³-hybridized carbons (Fsp3) is 0.111. The minimum absolute atomic E-state index is 0.0590. The summed E-state index contributed by atoms with van der Waals surface area (Å²) < 4.78 is 5.39. The third-order valence-electron chi connectivity index (χ3n) is 3.47. The Hall–Kier alpha value is -2.52. The van der Waals surface area contributed by atoms with Crippen LogP contribution in [0.3, 0.4) is 0 Å². The van der Waals surface area contributed by atoms with E-state index in [9.17, 15) is 4.79 Å². The molecule has 3 heteroatoms. The minimum Gasteiger partial charge on any atom is -0.369 e. The highest BCUT2D eigenvalue weighted by Crippen LogP contribution is 2.23. The third-order valence-corrected chi connectivity index (χ3v) is 3.47. The maximum Gasteiger partial charge on any atom is 0.196 e. The van der Waals surface area contributed by atoms with Gasteiger partial charge in [0.2, 0.25) is 0 Å². The summed E-state index contributed by atoms with van der Waals surface area (Å²) in [5.41, 5.74) is 2.27. The summed E-state index contributed by atoms with van der Waals surface area (Å²) in [7, 11) is 1.55. The maximum absolute atomic E-state index is 12.7. The number of nitrogens with zero attached hydrogens (tertiary/aromatic N) is 1. The topological polar surface area (TPSA) is 39.2 Å². The summed E-state index contributed by atoms with van der Waals surface area (Å²) in [5.74, 6) is -0.0590. The molecule has 0 fully saturated rings. The highest BCUT2D eigenvalue weighted by atomic mass is 16.5. The maximum atomic E-state index is 12.7. The van der Waals surface area contributed by atoms with E-state index in [1.807, 2.05) is 60.7 Å². The van der Waals surface area contributed by atoms with Gasteiger partial charge in [-0.2, -0.15) is 0 Å². The lowest BCUT2D eigenvalue weighted by Gasteiger charge is -2.14. The first-order chi connectivity index (χ1) is 10.3. The first-order valence-corrected chi connectivity index (χ1v) is 6.76. The van der Waals surface area contributed by atoms with Gasteiger partial charge in [0.25, 0.3) is 0 Å². The highest BCUT2D eigenvalue weighted by molar-refractivity contribution is 6.02. The Labute approximate surface area is 123 Å². The molecule has 0 N–H and O–H groups in total. The molecular formula is C18H15NO2. The van der Waals surface area contributed by atoms with Crippen LogP contribution >= 0.6 is 0 Å². The van der Waals surface area contributed by atoms with Gasteiger partial charge in [-0.25, -0.2) is 0 Å². The number of hydrogen-bond acceptors (Lipinski definition) is 3. The molecule has 0 aliphatic carbocycles. The summed E-state index contributed by atoms with van der Waals surface area (Å²) in [6, 6.07) is 18.9. The molecule has 1 atom stereocenters. The molecule has 104 valence electrons. The van der Waals surface area contributed by atoms with E-state index >= 15 is 0 Å². The van der Waals surface area contributed by atoms with Gasteiger partial charge >= 0.3 is 0 Å². The Balaban J connectivity index is 1.98. The number of hydrogen-bond donors (Lipinski definition) is 0. The second kappa shape index (κ2) is 5.85. The number of ether oxygens (including phenoxy) is 1. The molecule has 21 heavy (non-hydrogen) atoms. The van der Waals surface area contributed by atoms with Gasteiger partial charge in [0.15, 0.2) is 5.78 Å².